The number of carbonyl (C=O) groups is 1. The maximum Gasteiger partial charge on any atom is 0.249 e. The van der Waals surface area contributed by atoms with E-state index in [1.165, 1.54) is 0 Å². The van der Waals surface area contributed by atoms with E-state index in [4.69, 9.17) is 11.6 Å². The molecule has 1 N–H and O–H groups in total. The van der Waals surface area contributed by atoms with Gasteiger partial charge in [-0.3, -0.25) is 4.79 Å². The van der Waals surface area contributed by atoms with E-state index in [1.54, 1.807) is 0 Å². The molecule has 1 amide bonds. The van der Waals surface area contributed by atoms with Crippen LogP contribution in [0.3, 0.4) is 0 Å². The van der Waals surface area contributed by atoms with Gasteiger partial charge in [-0.2, -0.15) is 0 Å². The number of hydrogen-bond acceptors (Lipinski definition) is 4. The summed E-state index contributed by atoms with van der Waals surface area (Å²) < 4.78 is 0. The standard InChI is InChI=1S/C17H17ClN4O/c18-17-20-13-8-4-7-12(13)15(21-17)19-14-9-10-22(16(14)23)11-5-2-1-3-6-11/h1-3,5-6,14H,4,7-10H2,(H,19,20,21)/t14-/m1/s1. The predicted molar refractivity (Wildman–Crippen MR) is 89.9 cm³/mol. The molecule has 6 heteroatoms. The van der Waals surface area contributed by atoms with Gasteiger partial charge in [0, 0.05) is 17.8 Å². The molecule has 1 saturated heterocycles. The summed E-state index contributed by atoms with van der Waals surface area (Å²) in [6.45, 7) is 0.710. The molecule has 1 aliphatic heterocycles. The summed E-state index contributed by atoms with van der Waals surface area (Å²) in [7, 11) is 0. The van der Waals surface area contributed by atoms with Gasteiger partial charge in [0.25, 0.3) is 0 Å². The van der Waals surface area contributed by atoms with Crippen molar-refractivity contribution in [2.24, 2.45) is 0 Å². The second-order valence-electron chi connectivity index (χ2n) is 5.93. The summed E-state index contributed by atoms with van der Waals surface area (Å²) in [6.07, 6.45) is 3.69. The average Bonchev–Trinajstić information content (AvgIpc) is 3.16. The van der Waals surface area contributed by atoms with E-state index < -0.39 is 0 Å². The number of anilines is 2. The lowest BCUT2D eigenvalue weighted by molar-refractivity contribution is -0.117. The van der Waals surface area contributed by atoms with E-state index in [-0.39, 0.29) is 17.2 Å². The summed E-state index contributed by atoms with van der Waals surface area (Å²) in [5.74, 6) is 0.809. The summed E-state index contributed by atoms with van der Waals surface area (Å²) in [5.41, 5.74) is 3.06. The molecule has 1 atom stereocenters. The minimum absolute atomic E-state index is 0.0812. The molecule has 23 heavy (non-hydrogen) atoms. The highest BCUT2D eigenvalue weighted by Gasteiger charge is 2.33. The minimum atomic E-state index is -0.258. The molecule has 2 heterocycles. The Labute approximate surface area is 139 Å². The molecular weight excluding hydrogens is 312 g/mol. The van der Waals surface area contributed by atoms with Crippen LogP contribution in [0, 0.1) is 0 Å². The van der Waals surface area contributed by atoms with Crippen molar-refractivity contribution >= 4 is 29.0 Å². The zero-order valence-corrected chi connectivity index (χ0v) is 13.4. The number of aryl methyl sites for hydroxylation is 1. The molecule has 0 saturated carbocycles. The van der Waals surface area contributed by atoms with Gasteiger partial charge in [0.1, 0.15) is 11.9 Å². The molecule has 4 rings (SSSR count). The van der Waals surface area contributed by atoms with Gasteiger partial charge < -0.3 is 10.2 Å². The van der Waals surface area contributed by atoms with Crippen molar-refractivity contribution in [1.29, 1.82) is 0 Å². The lowest BCUT2D eigenvalue weighted by Crippen LogP contribution is -2.34. The van der Waals surface area contributed by atoms with Crippen LogP contribution in [-0.2, 0) is 17.6 Å². The number of fused-ring (bicyclic) bond motifs is 1. The number of para-hydroxylation sites is 1. The highest BCUT2D eigenvalue weighted by Crippen LogP contribution is 2.30. The Morgan fingerprint density at radius 2 is 2.00 bits per heavy atom. The Kier molecular flexibility index (Phi) is 3.65. The first-order valence-corrected chi connectivity index (χ1v) is 8.28. The Morgan fingerprint density at radius 3 is 2.83 bits per heavy atom. The van der Waals surface area contributed by atoms with Crippen molar-refractivity contribution in [2.75, 3.05) is 16.8 Å². The van der Waals surface area contributed by atoms with Gasteiger partial charge >= 0.3 is 0 Å². The van der Waals surface area contributed by atoms with E-state index in [0.717, 1.165) is 48.4 Å². The molecule has 1 aromatic carbocycles. The second-order valence-corrected chi connectivity index (χ2v) is 6.27. The molecule has 5 nitrogen and oxygen atoms in total. The molecule has 2 aromatic rings. The lowest BCUT2D eigenvalue weighted by Gasteiger charge is -2.18. The number of nitrogens with one attached hydrogen (secondary N) is 1. The summed E-state index contributed by atoms with van der Waals surface area (Å²) in [6, 6.07) is 9.50. The van der Waals surface area contributed by atoms with E-state index >= 15 is 0 Å². The van der Waals surface area contributed by atoms with Gasteiger partial charge in [0.15, 0.2) is 0 Å². The molecule has 1 fully saturated rings. The molecule has 0 spiro atoms. The van der Waals surface area contributed by atoms with Gasteiger partial charge in [-0.25, -0.2) is 9.97 Å². The topological polar surface area (TPSA) is 58.1 Å². The molecule has 118 valence electrons. The number of benzene rings is 1. The van der Waals surface area contributed by atoms with Crippen molar-refractivity contribution in [3.05, 3.63) is 46.9 Å². The third-order valence-corrected chi connectivity index (χ3v) is 4.66. The molecule has 1 aliphatic carbocycles. The molecular formula is C17H17ClN4O. The maximum absolute atomic E-state index is 12.7. The summed E-state index contributed by atoms with van der Waals surface area (Å²) in [5, 5.41) is 3.55. The largest absolute Gasteiger partial charge is 0.358 e. The van der Waals surface area contributed by atoms with Crippen molar-refractivity contribution < 1.29 is 4.79 Å². The smallest absolute Gasteiger partial charge is 0.249 e. The summed E-state index contributed by atoms with van der Waals surface area (Å²) in [4.78, 5) is 23.1. The first-order chi connectivity index (χ1) is 11.2. The fourth-order valence-corrected chi connectivity index (χ4v) is 3.55. The number of hydrogen-bond donors (Lipinski definition) is 1. The van der Waals surface area contributed by atoms with E-state index in [0.29, 0.717) is 6.54 Å². The molecule has 1 aromatic heterocycles. The van der Waals surface area contributed by atoms with Crippen LogP contribution in [0.15, 0.2) is 30.3 Å². The first-order valence-electron chi connectivity index (χ1n) is 7.90. The minimum Gasteiger partial charge on any atom is -0.358 e. The van der Waals surface area contributed by atoms with Crippen LogP contribution in [0.4, 0.5) is 11.5 Å². The highest BCUT2D eigenvalue weighted by molar-refractivity contribution is 6.28. The van der Waals surface area contributed by atoms with Crippen LogP contribution in [-0.4, -0.2) is 28.5 Å². The van der Waals surface area contributed by atoms with Crippen LogP contribution in [0.25, 0.3) is 0 Å². The third kappa shape index (κ3) is 2.65. The van der Waals surface area contributed by atoms with Crippen molar-refractivity contribution in [3.8, 4) is 0 Å². The zero-order chi connectivity index (χ0) is 15.8. The van der Waals surface area contributed by atoms with Gasteiger partial charge in [-0.05, 0) is 49.4 Å². The van der Waals surface area contributed by atoms with Crippen LogP contribution in [0.2, 0.25) is 5.28 Å². The maximum atomic E-state index is 12.7. The number of halogens is 1. The van der Waals surface area contributed by atoms with Crippen molar-refractivity contribution in [3.63, 3.8) is 0 Å². The van der Waals surface area contributed by atoms with Crippen molar-refractivity contribution in [2.45, 2.75) is 31.7 Å². The lowest BCUT2D eigenvalue weighted by atomic mass is 10.2. The number of carbonyl (C=O) groups excluding carboxylic acids is 1. The van der Waals surface area contributed by atoms with Crippen LogP contribution in [0.5, 0.6) is 0 Å². The molecule has 0 radical (unpaired) electrons. The SMILES string of the molecule is O=C1[C@H](Nc2nc(Cl)nc3c2CCC3)CCN1c1ccccc1. The summed E-state index contributed by atoms with van der Waals surface area (Å²) >= 11 is 6.02. The molecule has 2 aliphatic rings. The van der Waals surface area contributed by atoms with Gasteiger partial charge in [-0.1, -0.05) is 18.2 Å². The van der Waals surface area contributed by atoms with Crippen LogP contribution in [0.1, 0.15) is 24.1 Å². The Balaban J connectivity index is 1.56. The molecule has 0 bridgehead atoms. The third-order valence-electron chi connectivity index (χ3n) is 4.49. The fraction of sp³-hybridized carbons (Fsp3) is 0.353. The number of nitrogens with zero attached hydrogens (tertiary/aromatic N) is 3. The highest BCUT2D eigenvalue weighted by atomic mass is 35.5. The van der Waals surface area contributed by atoms with E-state index in [9.17, 15) is 4.79 Å². The number of aromatic nitrogens is 2. The Hall–Kier alpha value is -2.14. The Morgan fingerprint density at radius 1 is 1.17 bits per heavy atom. The van der Waals surface area contributed by atoms with Crippen LogP contribution < -0.4 is 10.2 Å². The number of amides is 1. The number of rotatable bonds is 3. The van der Waals surface area contributed by atoms with Crippen molar-refractivity contribution in [1.82, 2.24) is 9.97 Å². The van der Waals surface area contributed by atoms with Crippen LogP contribution >= 0.6 is 11.6 Å². The molecule has 0 unspecified atom stereocenters. The van der Waals surface area contributed by atoms with E-state index in [2.05, 4.69) is 15.3 Å². The van der Waals surface area contributed by atoms with Gasteiger partial charge in [-0.15, -0.1) is 0 Å². The quantitative estimate of drug-likeness (QED) is 0.880. The second kappa shape index (κ2) is 5.81. The Bertz CT molecular complexity index is 750. The first kappa shape index (κ1) is 14.5. The average molecular weight is 329 g/mol. The van der Waals surface area contributed by atoms with Gasteiger partial charge in [0.2, 0.25) is 11.2 Å². The predicted octanol–water partition coefficient (Wildman–Crippen LogP) is 2.84. The zero-order valence-electron chi connectivity index (χ0n) is 12.6. The fourth-order valence-electron chi connectivity index (χ4n) is 3.36. The van der Waals surface area contributed by atoms with E-state index in [1.807, 2.05) is 35.2 Å². The van der Waals surface area contributed by atoms with Gasteiger partial charge in [0.05, 0.1) is 5.69 Å². The monoisotopic (exact) mass is 328 g/mol. The normalized spacial score (nSPS) is 20.0.